The maximum absolute atomic E-state index is 5.98. The van der Waals surface area contributed by atoms with Crippen molar-refractivity contribution in [2.24, 2.45) is 4.99 Å². The normalized spacial score (nSPS) is 18.4. The average Bonchev–Trinajstić information content (AvgIpc) is 3.25. The number of hydrogen-bond donors (Lipinski definition) is 2. The second kappa shape index (κ2) is 14.2. The molecule has 0 bridgehead atoms. The quantitative estimate of drug-likeness (QED) is 0.223. The number of guanidine groups is 1. The molecule has 0 amide bonds. The minimum absolute atomic E-state index is 0. The summed E-state index contributed by atoms with van der Waals surface area (Å²) >= 11 is 0. The van der Waals surface area contributed by atoms with E-state index in [2.05, 4.69) is 44.8 Å². The van der Waals surface area contributed by atoms with Crippen LogP contribution in [0.25, 0.3) is 0 Å². The number of nitrogens with one attached hydrogen (secondary N) is 2. The van der Waals surface area contributed by atoms with Gasteiger partial charge in [-0.3, -0.25) is 9.89 Å². The minimum atomic E-state index is 0. The molecule has 29 heavy (non-hydrogen) atoms. The molecule has 1 saturated carbocycles. The van der Waals surface area contributed by atoms with E-state index in [1.165, 1.54) is 69.2 Å². The highest BCUT2D eigenvalue weighted by molar-refractivity contribution is 14.0. The van der Waals surface area contributed by atoms with Gasteiger partial charge in [-0.1, -0.05) is 43.5 Å². The Morgan fingerprint density at radius 1 is 1.00 bits per heavy atom. The molecular formula is C23H39IN4O. The first-order valence-corrected chi connectivity index (χ1v) is 11.2. The molecular weight excluding hydrogens is 475 g/mol. The van der Waals surface area contributed by atoms with Gasteiger partial charge in [0.2, 0.25) is 0 Å². The van der Waals surface area contributed by atoms with Gasteiger partial charge in [0.05, 0.1) is 6.10 Å². The van der Waals surface area contributed by atoms with Crippen molar-refractivity contribution in [2.45, 2.75) is 70.6 Å². The summed E-state index contributed by atoms with van der Waals surface area (Å²) in [5, 5.41) is 6.80. The number of nitrogens with zero attached hydrogens (tertiary/aromatic N) is 2. The SMILES string of the molecule is CN=C(NCCCOC1CCCCC1)NCc1ccc(CN2CCCC2)cc1.I. The fourth-order valence-corrected chi connectivity index (χ4v) is 4.13. The number of rotatable bonds is 9. The van der Waals surface area contributed by atoms with Crippen LogP contribution < -0.4 is 10.6 Å². The van der Waals surface area contributed by atoms with Crippen LogP contribution in [0.3, 0.4) is 0 Å². The Bertz CT molecular complexity index is 581. The van der Waals surface area contributed by atoms with Crippen LogP contribution in [-0.2, 0) is 17.8 Å². The maximum Gasteiger partial charge on any atom is 0.191 e. The lowest BCUT2D eigenvalue weighted by Crippen LogP contribution is -2.37. The third-order valence-electron chi connectivity index (χ3n) is 5.83. The Morgan fingerprint density at radius 3 is 2.38 bits per heavy atom. The molecule has 0 spiro atoms. The number of halogens is 1. The van der Waals surface area contributed by atoms with Gasteiger partial charge in [0, 0.05) is 33.3 Å². The van der Waals surface area contributed by atoms with Crippen molar-refractivity contribution in [3.05, 3.63) is 35.4 Å². The van der Waals surface area contributed by atoms with E-state index in [4.69, 9.17) is 4.74 Å². The Hall–Kier alpha value is -0.860. The fourth-order valence-electron chi connectivity index (χ4n) is 4.13. The van der Waals surface area contributed by atoms with Crippen LogP contribution in [-0.4, -0.2) is 50.3 Å². The van der Waals surface area contributed by atoms with E-state index in [1.54, 1.807) is 0 Å². The largest absolute Gasteiger partial charge is 0.378 e. The maximum atomic E-state index is 5.98. The molecule has 0 atom stereocenters. The third kappa shape index (κ3) is 9.22. The molecule has 1 saturated heterocycles. The van der Waals surface area contributed by atoms with E-state index < -0.39 is 0 Å². The Kier molecular flexibility index (Phi) is 12.0. The summed E-state index contributed by atoms with van der Waals surface area (Å²) in [5.41, 5.74) is 2.69. The van der Waals surface area contributed by atoms with E-state index in [9.17, 15) is 0 Å². The molecule has 0 radical (unpaired) electrons. The molecule has 3 rings (SSSR count). The van der Waals surface area contributed by atoms with Crippen molar-refractivity contribution >= 4 is 29.9 Å². The fraction of sp³-hybridized carbons (Fsp3) is 0.696. The molecule has 2 N–H and O–H groups in total. The minimum Gasteiger partial charge on any atom is -0.378 e. The molecule has 0 unspecified atom stereocenters. The van der Waals surface area contributed by atoms with Gasteiger partial charge in [-0.2, -0.15) is 0 Å². The summed E-state index contributed by atoms with van der Waals surface area (Å²) in [6.45, 7) is 6.10. The molecule has 1 aromatic rings. The van der Waals surface area contributed by atoms with Crippen LogP contribution in [0.5, 0.6) is 0 Å². The van der Waals surface area contributed by atoms with Gasteiger partial charge in [-0.05, 0) is 56.3 Å². The molecule has 2 fully saturated rings. The average molecular weight is 514 g/mol. The number of aliphatic imine (C=N–C) groups is 1. The molecule has 0 aromatic heterocycles. The van der Waals surface area contributed by atoms with Gasteiger partial charge in [-0.15, -0.1) is 24.0 Å². The Labute approximate surface area is 194 Å². The van der Waals surface area contributed by atoms with Gasteiger partial charge in [0.25, 0.3) is 0 Å². The second-order valence-corrected chi connectivity index (χ2v) is 8.14. The summed E-state index contributed by atoms with van der Waals surface area (Å²) in [6.07, 6.45) is 10.7. The topological polar surface area (TPSA) is 48.9 Å². The van der Waals surface area contributed by atoms with Crippen LogP contribution >= 0.6 is 24.0 Å². The predicted octanol–water partition coefficient (Wildman–Crippen LogP) is 4.30. The first-order valence-electron chi connectivity index (χ1n) is 11.2. The van der Waals surface area contributed by atoms with Crippen LogP contribution in [0.15, 0.2) is 29.3 Å². The molecule has 1 aliphatic carbocycles. The van der Waals surface area contributed by atoms with E-state index in [1.807, 2.05) is 7.05 Å². The number of benzene rings is 1. The van der Waals surface area contributed by atoms with Crippen LogP contribution in [0.2, 0.25) is 0 Å². The van der Waals surface area contributed by atoms with Crippen LogP contribution in [0.4, 0.5) is 0 Å². The van der Waals surface area contributed by atoms with Crippen molar-refractivity contribution in [1.82, 2.24) is 15.5 Å². The lowest BCUT2D eigenvalue weighted by Gasteiger charge is -2.22. The number of hydrogen-bond acceptors (Lipinski definition) is 3. The van der Waals surface area contributed by atoms with Crippen molar-refractivity contribution < 1.29 is 4.74 Å². The zero-order valence-electron chi connectivity index (χ0n) is 18.0. The highest BCUT2D eigenvalue weighted by Crippen LogP contribution is 2.20. The first kappa shape index (κ1) is 24.4. The summed E-state index contributed by atoms with van der Waals surface area (Å²) in [4.78, 5) is 6.86. The number of ether oxygens (including phenoxy) is 1. The lowest BCUT2D eigenvalue weighted by atomic mass is 9.98. The summed E-state index contributed by atoms with van der Waals surface area (Å²) in [7, 11) is 1.83. The Morgan fingerprint density at radius 2 is 1.69 bits per heavy atom. The lowest BCUT2D eigenvalue weighted by molar-refractivity contribution is 0.0277. The molecule has 1 heterocycles. The number of likely N-dealkylation sites (tertiary alicyclic amines) is 1. The first-order chi connectivity index (χ1) is 13.8. The second-order valence-electron chi connectivity index (χ2n) is 8.14. The van der Waals surface area contributed by atoms with Gasteiger partial charge >= 0.3 is 0 Å². The van der Waals surface area contributed by atoms with Gasteiger partial charge in [0.1, 0.15) is 0 Å². The van der Waals surface area contributed by atoms with Gasteiger partial charge in [-0.25, -0.2) is 0 Å². The molecule has 6 heteroatoms. The van der Waals surface area contributed by atoms with Crippen molar-refractivity contribution in [1.29, 1.82) is 0 Å². The zero-order chi connectivity index (χ0) is 19.4. The van der Waals surface area contributed by atoms with Crippen molar-refractivity contribution in [2.75, 3.05) is 33.3 Å². The highest BCUT2D eigenvalue weighted by atomic mass is 127. The summed E-state index contributed by atoms with van der Waals surface area (Å²) in [5.74, 6) is 0.860. The van der Waals surface area contributed by atoms with Crippen molar-refractivity contribution in [3.8, 4) is 0 Å². The Balaban J connectivity index is 0.00000300. The van der Waals surface area contributed by atoms with E-state index >= 15 is 0 Å². The van der Waals surface area contributed by atoms with Crippen LogP contribution in [0.1, 0.15) is 62.5 Å². The standard InChI is InChI=1S/C23H38N4O.HI/c1-24-23(25-14-7-17-28-22-8-3-2-4-9-22)26-18-20-10-12-21(13-11-20)19-27-15-5-6-16-27;/h10-13,22H,2-9,14-19H2,1H3,(H2,24,25,26);1H. The monoisotopic (exact) mass is 514 g/mol. The van der Waals surface area contributed by atoms with Gasteiger partial charge in [0.15, 0.2) is 5.96 Å². The molecule has 5 nitrogen and oxygen atoms in total. The zero-order valence-corrected chi connectivity index (χ0v) is 20.3. The van der Waals surface area contributed by atoms with Crippen LogP contribution in [0, 0.1) is 0 Å². The summed E-state index contributed by atoms with van der Waals surface area (Å²) < 4.78 is 5.98. The molecule has 1 aliphatic heterocycles. The van der Waals surface area contributed by atoms with E-state index in [-0.39, 0.29) is 24.0 Å². The van der Waals surface area contributed by atoms with Crippen molar-refractivity contribution in [3.63, 3.8) is 0 Å². The molecule has 1 aromatic carbocycles. The summed E-state index contributed by atoms with van der Waals surface area (Å²) in [6, 6.07) is 8.97. The molecule has 164 valence electrons. The van der Waals surface area contributed by atoms with E-state index in [0.717, 1.165) is 38.6 Å². The smallest absolute Gasteiger partial charge is 0.191 e. The third-order valence-corrected chi connectivity index (χ3v) is 5.83. The highest BCUT2D eigenvalue weighted by Gasteiger charge is 2.13. The molecule has 2 aliphatic rings. The van der Waals surface area contributed by atoms with E-state index in [0.29, 0.717) is 6.10 Å². The van der Waals surface area contributed by atoms with Gasteiger partial charge < -0.3 is 15.4 Å². The predicted molar refractivity (Wildman–Crippen MR) is 132 cm³/mol.